The van der Waals surface area contributed by atoms with E-state index >= 15 is 0 Å². The average molecular weight is 190 g/mol. The number of rotatable bonds is 2. The highest BCUT2D eigenvalue weighted by molar-refractivity contribution is 7.80. The second-order valence-corrected chi connectivity index (χ2v) is 3.13. The van der Waals surface area contributed by atoms with Crippen molar-refractivity contribution in [2.45, 2.75) is 13.8 Å². The first-order valence-electron chi connectivity index (χ1n) is 3.69. The smallest absolute Gasteiger partial charge is 0.413 e. The Kier molecular flexibility index (Phi) is 5.36. The highest BCUT2D eigenvalue weighted by atomic mass is 32.1. The standard InChI is InChI=1S/C7H14N2O2S/c1-5(2)4-8-6(12)9-7(10)11-3/h5H,4H2,1-3H3,(H2,8,9,10,12). The maximum absolute atomic E-state index is 10.6. The summed E-state index contributed by atoms with van der Waals surface area (Å²) in [5.74, 6) is 0.488. The molecule has 0 spiro atoms. The topological polar surface area (TPSA) is 50.4 Å². The predicted molar refractivity (Wildman–Crippen MR) is 51.0 cm³/mol. The lowest BCUT2D eigenvalue weighted by Gasteiger charge is -2.09. The van der Waals surface area contributed by atoms with Crippen LogP contribution in [0.5, 0.6) is 0 Å². The van der Waals surface area contributed by atoms with Gasteiger partial charge in [0.25, 0.3) is 0 Å². The predicted octanol–water partition coefficient (Wildman–Crippen LogP) is 0.873. The van der Waals surface area contributed by atoms with E-state index in [1.165, 1.54) is 7.11 Å². The van der Waals surface area contributed by atoms with Gasteiger partial charge in [0, 0.05) is 6.54 Å². The largest absolute Gasteiger partial charge is 0.453 e. The van der Waals surface area contributed by atoms with E-state index in [2.05, 4.69) is 15.4 Å². The molecule has 12 heavy (non-hydrogen) atoms. The number of hydrogen-bond donors (Lipinski definition) is 2. The maximum atomic E-state index is 10.6. The molecule has 1 amide bonds. The van der Waals surface area contributed by atoms with E-state index in [0.29, 0.717) is 11.0 Å². The molecule has 0 heterocycles. The molecule has 0 unspecified atom stereocenters. The van der Waals surface area contributed by atoms with Crippen molar-refractivity contribution in [2.24, 2.45) is 5.92 Å². The number of hydrogen-bond acceptors (Lipinski definition) is 3. The van der Waals surface area contributed by atoms with Crippen LogP contribution in [-0.4, -0.2) is 24.9 Å². The van der Waals surface area contributed by atoms with Gasteiger partial charge in [-0.05, 0) is 18.1 Å². The summed E-state index contributed by atoms with van der Waals surface area (Å²) in [6.07, 6.45) is -0.545. The average Bonchev–Trinajstić information content (AvgIpc) is 2.00. The Morgan fingerprint density at radius 3 is 2.58 bits per heavy atom. The first kappa shape index (κ1) is 11.2. The molecule has 4 nitrogen and oxygen atoms in total. The highest BCUT2D eigenvalue weighted by Crippen LogP contribution is 1.86. The van der Waals surface area contributed by atoms with Crippen LogP contribution in [-0.2, 0) is 4.74 Å². The van der Waals surface area contributed by atoms with Crippen molar-refractivity contribution in [3.63, 3.8) is 0 Å². The Morgan fingerprint density at radius 1 is 1.58 bits per heavy atom. The fourth-order valence-electron chi connectivity index (χ4n) is 0.485. The zero-order chi connectivity index (χ0) is 9.56. The molecule has 0 aromatic carbocycles. The highest BCUT2D eigenvalue weighted by Gasteiger charge is 2.02. The minimum absolute atomic E-state index is 0.301. The van der Waals surface area contributed by atoms with Crippen molar-refractivity contribution >= 4 is 23.4 Å². The Bertz CT molecular complexity index is 171. The molecular formula is C7H14N2O2S. The molecule has 70 valence electrons. The van der Waals surface area contributed by atoms with Crippen LogP contribution in [0.1, 0.15) is 13.8 Å². The molecule has 0 bridgehead atoms. The van der Waals surface area contributed by atoms with Crippen molar-refractivity contribution in [2.75, 3.05) is 13.7 Å². The molecule has 0 fully saturated rings. The molecule has 0 aliphatic rings. The number of carbonyl (C=O) groups is 1. The van der Waals surface area contributed by atoms with Gasteiger partial charge in [0.05, 0.1) is 7.11 Å². The van der Waals surface area contributed by atoms with E-state index in [-0.39, 0.29) is 0 Å². The molecule has 0 atom stereocenters. The molecule has 2 N–H and O–H groups in total. The van der Waals surface area contributed by atoms with Crippen LogP contribution in [0.2, 0.25) is 0 Å². The molecule has 0 aromatic rings. The summed E-state index contributed by atoms with van der Waals surface area (Å²) in [5, 5.41) is 5.51. The van der Waals surface area contributed by atoms with E-state index < -0.39 is 6.09 Å². The van der Waals surface area contributed by atoms with Gasteiger partial charge in [0.15, 0.2) is 5.11 Å². The monoisotopic (exact) mass is 190 g/mol. The molecule has 0 saturated heterocycles. The van der Waals surface area contributed by atoms with E-state index in [0.717, 1.165) is 6.54 Å². The Labute approximate surface area is 77.7 Å². The van der Waals surface area contributed by atoms with Gasteiger partial charge in [0.1, 0.15) is 0 Å². The number of amides is 1. The zero-order valence-electron chi connectivity index (χ0n) is 7.51. The van der Waals surface area contributed by atoms with Crippen LogP contribution in [0, 0.1) is 5.92 Å². The van der Waals surface area contributed by atoms with Crippen molar-refractivity contribution in [3.05, 3.63) is 0 Å². The Hall–Kier alpha value is -0.840. The number of methoxy groups -OCH3 is 1. The van der Waals surface area contributed by atoms with Crippen molar-refractivity contribution in [1.29, 1.82) is 0 Å². The molecule has 0 radical (unpaired) electrons. The summed E-state index contributed by atoms with van der Waals surface area (Å²) in [6, 6.07) is 0. The third-order valence-electron chi connectivity index (χ3n) is 1.07. The third-order valence-corrected chi connectivity index (χ3v) is 1.32. The van der Waals surface area contributed by atoms with E-state index in [4.69, 9.17) is 12.2 Å². The van der Waals surface area contributed by atoms with Crippen LogP contribution < -0.4 is 10.6 Å². The number of nitrogens with one attached hydrogen (secondary N) is 2. The molecule has 0 aliphatic carbocycles. The molecular weight excluding hydrogens is 176 g/mol. The van der Waals surface area contributed by atoms with Gasteiger partial charge >= 0.3 is 6.09 Å². The van der Waals surface area contributed by atoms with Gasteiger partial charge in [-0.25, -0.2) is 4.79 Å². The first-order chi connectivity index (χ1) is 5.56. The number of ether oxygens (including phenoxy) is 1. The quantitative estimate of drug-likeness (QED) is 0.634. The molecule has 0 aliphatic heterocycles. The minimum atomic E-state index is -0.545. The second kappa shape index (κ2) is 5.77. The first-order valence-corrected chi connectivity index (χ1v) is 4.10. The lowest BCUT2D eigenvalue weighted by atomic mass is 10.2. The van der Waals surface area contributed by atoms with Crippen molar-refractivity contribution < 1.29 is 9.53 Å². The normalized spacial score (nSPS) is 9.33. The van der Waals surface area contributed by atoms with E-state index in [9.17, 15) is 4.79 Å². The van der Waals surface area contributed by atoms with Crippen molar-refractivity contribution in [3.8, 4) is 0 Å². The molecule has 0 saturated carbocycles. The lowest BCUT2D eigenvalue weighted by Crippen LogP contribution is -2.40. The minimum Gasteiger partial charge on any atom is -0.453 e. The number of carbonyl (C=O) groups excluding carboxylic acids is 1. The van der Waals surface area contributed by atoms with Gasteiger partial charge in [-0.1, -0.05) is 13.8 Å². The molecule has 5 heteroatoms. The van der Waals surface area contributed by atoms with Crippen LogP contribution in [0.15, 0.2) is 0 Å². The van der Waals surface area contributed by atoms with Crippen LogP contribution in [0.4, 0.5) is 4.79 Å². The Balaban J connectivity index is 3.53. The fraction of sp³-hybridized carbons (Fsp3) is 0.714. The van der Waals surface area contributed by atoms with Gasteiger partial charge in [-0.3, -0.25) is 5.32 Å². The lowest BCUT2D eigenvalue weighted by molar-refractivity contribution is 0.176. The second-order valence-electron chi connectivity index (χ2n) is 2.72. The Morgan fingerprint density at radius 2 is 2.17 bits per heavy atom. The van der Waals surface area contributed by atoms with Crippen molar-refractivity contribution in [1.82, 2.24) is 10.6 Å². The summed E-state index contributed by atoms with van der Waals surface area (Å²) in [5.41, 5.74) is 0. The SMILES string of the molecule is COC(=O)NC(=S)NCC(C)C. The summed E-state index contributed by atoms with van der Waals surface area (Å²) >= 11 is 4.79. The van der Waals surface area contributed by atoms with Gasteiger partial charge in [-0.2, -0.15) is 0 Å². The summed E-state index contributed by atoms with van der Waals surface area (Å²) in [4.78, 5) is 10.6. The van der Waals surface area contributed by atoms with Gasteiger partial charge in [0.2, 0.25) is 0 Å². The van der Waals surface area contributed by atoms with E-state index in [1.54, 1.807) is 0 Å². The number of alkyl carbamates (subject to hydrolysis) is 1. The van der Waals surface area contributed by atoms with Crippen LogP contribution >= 0.6 is 12.2 Å². The summed E-state index contributed by atoms with van der Waals surface area (Å²) < 4.78 is 4.35. The number of thiocarbonyl (C=S) groups is 1. The maximum Gasteiger partial charge on any atom is 0.413 e. The fourth-order valence-corrected chi connectivity index (χ4v) is 0.651. The molecule has 0 aromatic heterocycles. The van der Waals surface area contributed by atoms with Gasteiger partial charge in [-0.15, -0.1) is 0 Å². The summed E-state index contributed by atoms with van der Waals surface area (Å²) in [7, 11) is 1.29. The molecule has 0 rings (SSSR count). The van der Waals surface area contributed by atoms with Gasteiger partial charge < -0.3 is 10.1 Å². The summed E-state index contributed by atoms with van der Waals surface area (Å²) in [6.45, 7) is 4.84. The third kappa shape index (κ3) is 5.91. The van der Waals surface area contributed by atoms with Crippen LogP contribution in [0.3, 0.4) is 0 Å². The zero-order valence-corrected chi connectivity index (χ0v) is 8.33. The van der Waals surface area contributed by atoms with E-state index in [1.807, 2.05) is 13.8 Å². The van der Waals surface area contributed by atoms with Crippen LogP contribution in [0.25, 0.3) is 0 Å².